The van der Waals surface area contributed by atoms with E-state index < -0.39 is 47.7 Å². The van der Waals surface area contributed by atoms with E-state index >= 15 is 0 Å². The molecule has 3 rings (SSSR count). The van der Waals surface area contributed by atoms with E-state index in [2.05, 4.69) is 5.32 Å². The van der Waals surface area contributed by atoms with E-state index in [4.69, 9.17) is 9.47 Å². The molecular weight excluding hydrogens is 455 g/mol. The molecule has 1 aliphatic heterocycles. The van der Waals surface area contributed by atoms with Crippen LogP contribution < -0.4 is 5.32 Å². The number of benzene rings is 2. The Kier molecular flexibility index (Phi) is 7.96. The lowest BCUT2D eigenvalue weighted by atomic mass is 10.0. The molecular formula is C20H19ClF7NO2. The molecule has 1 N–H and O–H groups in total. The van der Waals surface area contributed by atoms with Crippen molar-refractivity contribution in [1.29, 1.82) is 0 Å². The molecule has 3 nitrogen and oxygen atoms in total. The zero-order valence-electron chi connectivity index (χ0n) is 16.1. The third-order valence-electron chi connectivity index (χ3n) is 4.67. The van der Waals surface area contributed by atoms with Crippen molar-refractivity contribution in [3.63, 3.8) is 0 Å². The Labute approximate surface area is 179 Å². The van der Waals surface area contributed by atoms with Gasteiger partial charge in [0.1, 0.15) is 5.82 Å². The van der Waals surface area contributed by atoms with Crippen LogP contribution in [0.4, 0.5) is 30.7 Å². The van der Waals surface area contributed by atoms with E-state index in [0.717, 1.165) is 0 Å². The average Bonchev–Trinajstić information content (AvgIpc) is 2.67. The quantitative estimate of drug-likeness (QED) is 0.548. The molecule has 1 saturated heterocycles. The summed E-state index contributed by atoms with van der Waals surface area (Å²) >= 11 is 0. The minimum absolute atomic E-state index is 0. The second kappa shape index (κ2) is 9.72. The van der Waals surface area contributed by atoms with Gasteiger partial charge in [-0.05, 0) is 48.4 Å². The minimum Gasteiger partial charge on any atom is -0.349 e. The molecule has 0 amide bonds. The Morgan fingerprint density at radius 1 is 0.968 bits per heavy atom. The Balaban J connectivity index is 0.00000341. The highest BCUT2D eigenvalue weighted by Gasteiger charge is 2.38. The number of hydrogen-bond donors (Lipinski definition) is 1. The van der Waals surface area contributed by atoms with Crippen molar-refractivity contribution < 1.29 is 40.2 Å². The number of morpholine rings is 1. The highest BCUT2D eigenvalue weighted by Crippen LogP contribution is 2.38. The summed E-state index contributed by atoms with van der Waals surface area (Å²) in [6.45, 7) is 2.01. The smallest absolute Gasteiger partial charge is 0.349 e. The summed E-state index contributed by atoms with van der Waals surface area (Å²) < 4.78 is 103. The fourth-order valence-electron chi connectivity index (χ4n) is 3.14. The van der Waals surface area contributed by atoms with E-state index in [9.17, 15) is 30.7 Å². The summed E-state index contributed by atoms with van der Waals surface area (Å²) in [7, 11) is 0. The highest BCUT2D eigenvalue weighted by molar-refractivity contribution is 5.85. The van der Waals surface area contributed by atoms with Crippen LogP contribution in [0.25, 0.3) is 0 Å². The Bertz CT molecular complexity index is 839. The first-order valence-electron chi connectivity index (χ1n) is 9.00. The van der Waals surface area contributed by atoms with E-state index in [1.807, 2.05) is 0 Å². The van der Waals surface area contributed by atoms with Crippen LogP contribution >= 0.6 is 12.4 Å². The molecule has 0 aromatic heterocycles. The molecule has 2 aromatic carbocycles. The lowest BCUT2D eigenvalue weighted by molar-refractivity contribution is -0.200. The molecule has 2 aromatic rings. The molecule has 0 saturated carbocycles. The monoisotopic (exact) mass is 473 g/mol. The van der Waals surface area contributed by atoms with Crippen LogP contribution in [-0.2, 0) is 21.8 Å². The van der Waals surface area contributed by atoms with Gasteiger partial charge in [-0.3, -0.25) is 0 Å². The molecule has 1 fully saturated rings. The molecule has 0 aliphatic carbocycles. The fourth-order valence-corrected chi connectivity index (χ4v) is 3.14. The van der Waals surface area contributed by atoms with E-state index in [1.165, 1.54) is 31.2 Å². The van der Waals surface area contributed by atoms with Gasteiger partial charge in [0.2, 0.25) is 0 Å². The molecule has 0 bridgehead atoms. The molecule has 0 radical (unpaired) electrons. The number of rotatable bonds is 4. The van der Waals surface area contributed by atoms with Gasteiger partial charge in [-0.25, -0.2) is 4.39 Å². The maximum absolute atomic E-state index is 13.2. The minimum atomic E-state index is -4.95. The summed E-state index contributed by atoms with van der Waals surface area (Å²) in [6, 6.07) is 6.20. The van der Waals surface area contributed by atoms with Gasteiger partial charge in [0, 0.05) is 6.54 Å². The van der Waals surface area contributed by atoms with Gasteiger partial charge >= 0.3 is 12.4 Å². The van der Waals surface area contributed by atoms with E-state index in [1.54, 1.807) is 0 Å². The second-order valence-corrected chi connectivity index (χ2v) is 6.84. The molecule has 0 spiro atoms. The van der Waals surface area contributed by atoms with Crippen molar-refractivity contribution in [3.8, 4) is 0 Å². The van der Waals surface area contributed by atoms with Gasteiger partial charge < -0.3 is 14.8 Å². The first-order valence-corrected chi connectivity index (χ1v) is 9.00. The highest BCUT2D eigenvalue weighted by atomic mass is 35.5. The van der Waals surface area contributed by atoms with Gasteiger partial charge in [-0.15, -0.1) is 12.4 Å². The molecule has 1 heterocycles. The predicted octanol–water partition coefficient (Wildman–Crippen LogP) is 6.05. The first kappa shape index (κ1) is 25.4. The predicted molar refractivity (Wildman–Crippen MR) is 100 cm³/mol. The van der Waals surface area contributed by atoms with Crippen LogP contribution in [0.15, 0.2) is 42.5 Å². The van der Waals surface area contributed by atoms with Crippen molar-refractivity contribution in [1.82, 2.24) is 5.32 Å². The normalized spacial score (nSPS) is 20.8. The average molecular weight is 474 g/mol. The lowest BCUT2D eigenvalue weighted by Gasteiger charge is -2.34. The molecule has 0 unspecified atom stereocenters. The van der Waals surface area contributed by atoms with Crippen LogP contribution in [0.3, 0.4) is 0 Å². The van der Waals surface area contributed by atoms with Crippen molar-refractivity contribution in [2.75, 3.05) is 13.2 Å². The third-order valence-corrected chi connectivity index (χ3v) is 4.67. The maximum atomic E-state index is 13.2. The lowest BCUT2D eigenvalue weighted by Crippen LogP contribution is -2.43. The van der Waals surface area contributed by atoms with Crippen LogP contribution in [0, 0.1) is 5.82 Å². The summed E-state index contributed by atoms with van der Waals surface area (Å²) in [5.74, 6) is -0.454. The van der Waals surface area contributed by atoms with Crippen LogP contribution in [0.2, 0.25) is 0 Å². The molecule has 1 aliphatic rings. The SMILES string of the molecule is C[C@@H](O[C@H]1OCCN[C@@H]1c1ccc(F)cc1)c1cc(C(F)(F)F)cc(C(F)(F)F)c1.Cl. The van der Waals surface area contributed by atoms with Gasteiger partial charge in [-0.1, -0.05) is 12.1 Å². The van der Waals surface area contributed by atoms with Gasteiger partial charge in [0.05, 0.1) is 29.9 Å². The largest absolute Gasteiger partial charge is 0.416 e. The van der Waals surface area contributed by atoms with Gasteiger partial charge in [0.25, 0.3) is 0 Å². The van der Waals surface area contributed by atoms with E-state index in [0.29, 0.717) is 24.2 Å². The Morgan fingerprint density at radius 2 is 1.52 bits per heavy atom. The summed E-state index contributed by atoms with van der Waals surface area (Å²) in [4.78, 5) is 0. The zero-order chi connectivity index (χ0) is 22.1. The van der Waals surface area contributed by atoms with Crippen molar-refractivity contribution in [3.05, 3.63) is 70.5 Å². The summed E-state index contributed by atoms with van der Waals surface area (Å²) in [6.07, 6.45) is -12.0. The Morgan fingerprint density at radius 3 is 2.03 bits per heavy atom. The maximum Gasteiger partial charge on any atom is 0.416 e. The molecule has 11 heteroatoms. The molecule has 3 atom stereocenters. The standard InChI is InChI=1S/C20H18F7NO2.ClH/c1-11(13-8-14(19(22,23)24)10-15(9-13)20(25,26)27)30-18-17(28-6-7-29-18)12-2-4-16(21)5-3-12;/h2-5,8-11,17-18,28H,6-7H2,1H3;1H/t11-,17-,18-;/m1./s1. The van der Waals surface area contributed by atoms with Gasteiger partial charge in [-0.2, -0.15) is 26.3 Å². The zero-order valence-corrected chi connectivity index (χ0v) is 16.9. The number of halogens is 8. The fraction of sp³-hybridized carbons (Fsp3) is 0.400. The first-order chi connectivity index (χ1) is 13.9. The topological polar surface area (TPSA) is 30.5 Å². The number of nitrogens with one attached hydrogen (secondary N) is 1. The molecule has 31 heavy (non-hydrogen) atoms. The van der Waals surface area contributed by atoms with Crippen LogP contribution in [0.1, 0.15) is 41.3 Å². The van der Waals surface area contributed by atoms with Crippen LogP contribution in [-0.4, -0.2) is 19.4 Å². The Hall–Kier alpha value is -1.88. The van der Waals surface area contributed by atoms with Crippen molar-refractivity contribution in [2.24, 2.45) is 0 Å². The summed E-state index contributed by atoms with van der Waals surface area (Å²) in [5.41, 5.74) is -2.52. The van der Waals surface area contributed by atoms with Crippen molar-refractivity contribution in [2.45, 2.75) is 37.7 Å². The number of ether oxygens (including phenoxy) is 2. The summed E-state index contributed by atoms with van der Waals surface area (Å²) in [5, 5.41) is 3.10. The third kappa shape index (κ3) is 6.31. The number of alkyl halides is 6. The second-order valence-electron chi connectivity index (χ2n) is 6.84. The van der Waals surface area contributed by atoms with Crippen molar-refractivity contribution >= 4 is 12.4 Å². The molecule has 172 valence electrons. The van der Waals surface area contributed by atoms with Crippen LogP contribution in [0.5, 0.6) is 0 Å². The van der Waals surface area contributed by atoms with E-state index in [-0.39, 0.29) is 30.6 Å². The number of hydrogen-bond acceptors (Lipinski definition) is 3. The van der Waals surface area contributed by atoms with Gasteiger partial charge in [0.15, 0.2) is 6.29 Å².